The summed E-state index contributed by atoms with van der Waals surface area (Å²) in [6, 6.07) is 16.9. The Bertz CT molecular complexity index is 1390. The number of benzene rings is 3. The van der Waals surface area contributed by atoms with Gasteiger partial charge in [-0.15, -0.1) is 0 Å². The van der Waals surface area contributed by atoms with Crippen LogP contribution >= 0.6 is 23.2 Å². The van der Waals surface area contributed by atoms with Crippen molar-refractivity contribution in [1.82, 2.24) is 9.97 Å². The Morgan fingerprint density at radius 1 is 0.839 bits per heavy atom. The van der Waals surface area contributed by atoms with Gasteiger partial charge in [-0.3, -0.25) is 0 Å². The molecule has 0 aliphatic rings. The molecule has 0 bridgehead atoms. The zero-order chi connectivity index (χ0) is 22.2. The van der Waals surface area contributed by atoms with E-state index in [1.807, 2.05) is 19.9 Å². The summed E-state index contributed by atoms with van der Waals surface area (Å²) in [6.07, 6.45) is 0. The molecule has 158 valence electrons. The monoisotopic (exact) mass is 471 g/mol. The fourth-order valence-corrected chi connectivity index (χ4v) is 4.49. The van der Waals surface area contributed by atoms with Crippen LogP contribution in [-0.4, -0.2) is 18.4 Å². The molecular formula is C22H17Cl2N4O2S-. The van der Waals surface area contributed by atoms with Crippen molar-refractivity contribution < 1.29 is 8.42 Å². The number of aryl methyl sites for hydroxylation is 2. The van der Waals surface area contributed by atoms with Gasteiger partial charge in [-0.1, -0.05) is 47.5 Å². The third kappa shape index (κ3) is 4.74. The fraction of sp³-hybridized carbons (Fsp3) is 0.0909. The molecular weight excluding hydrogens is 455 g/mol. The number of hydrogen-bond donors (Lipinski definition) is 1. The largest absolute Gasteiger partial charge is 0.431 e. The Morgan fingerprint density at radius 2 is 1.48 bits per heavy atom. The molecule has 1 N–H and O–H groups in total. The molecule has 0 fully saturated rings. The highest BCUT2D eigenvalue weighted by Gasteiger charge is 2.14. The molecule has 0 spiro atoms. The van der Waals surface area contributed by atoms with Crippen molar-refractivity contribution in [2.75, 3.05) is 5.32 Å². The number of aromatic nitrogens is 2. The number of sulfonamides is 1. The molecule has 0 atom stereocenters. The van der Waals surface area contributed by atoms with Crippen LogP contribution in [0.3, 0.4) is 0 Å². The first-order valence-electron chi connectivity index (χ1n) is 9.26. The first kappa shape index (κ1) is 21.4. The van der Waals surface area contributed by atoms with E-state index in [0.717, 1.165) is 11.1 Å². The van der Waals surface area contributed by atoms with Gasteiger partial charge in [-0.2, -0.15) is 0 Å². The van der Waals surface area contributed by atoms with Gasteiger partial charge in [0.1, 0.15) is 5.82 Å². The van der Waals surface area contributed by atoms with Gasteiger partial charge < -0.3 is 15.0 Å². The smallest absolute Gasteiger partial charge is 0.202 e. The fourth-order valence-electron chi connectivity index (χ4n) is 2.94. The molecule has 4 aromatic rings. The van der Waals surface area contributed by atoms with Gasteiger partial charge in [-0.25, -0.2) is 13.4 Å². The second-order valence-corrected chi connectivity index (χ2v) is 9.46. The van der Waals surface area contributed by atoms with Gasteiger partial charge >= 0.3 is 0 Å². The van der Waals surface area contributed by atoms with Gasteiger partial charge in [0.05, 0.1) is 10.4 Å². The maximum Gasteiger partial charge on any atom is 0.202 e. The number of rotatable bonds is 5. The standard InChI is InChI=1S/C22H17Cl2N4O2S/c1-13-7-8-18(9-14(13)2)31(29,30)28-22-21(25-17-11-15(23)10-16(24)12-17)26-19-5-3-4-6-20(19)27-22/h3-12H,1-2H3,(H-,25,26,27,28)/q-1. The maximum atomic E-state index is 13.0. The van der Waals surface area contributed by atoms with Crippen LogP contribution in [0.1, 0.15) is 11.1 Å². The van der Waals surface area contributed by atoms with Crippen LogP contribution in [-0.2, 0) is 10.0 Å². The van der Waals surface area contributed by atoms with E-state index in [-0.39, 0.29) is 16.5 Å². The number of para-hydroxylation sites is 2. The van der Waals surface area contributed by atoms with E-state index in [2.05, 4.69) is 20.0 Å². The molecule has 0 radical (unpaired) electrons. The summed E-state index contributed by atoms with van der Waals surface area (Å²) in [7, 11) is -4.02. The van der Waals surface area contributed by atoms with Crippen LogP contribution < -0.4 is 5.32 Å². The summed E-state index contributed by atoms with van der Waals surface area (Å²) in [4.78, 5) is 9.04. The Morgan fingerprint density at radius 3 is 2.13 bits per heavy atom. The lowest BCUT2D eigenvalue weighted by Crippen LogP contribution is -2.03. The van der Waals surface area contributed by atoms with E-state index in [0.29, 0.717) is 26.8 Å². The highest BCUT2D eigenvalue weighted by Crippen LogP contribution is 2.35. The first-order valence-corrected chi connectivity index (χ1v) is 11.5. The van der Waals surface area contributed by atoms with Gasteiger partial charge in [0.25, 0.3) is 0 Å². The Kier molecular flexibility index (Phi) is 5.75. The highest BCUT2D eigenvalue weighted by atomic mass is 35.5. The molecule has 0 aliphatic heterocycles. The van der Waals surface area contributed by atoms with Crippen LogP contribution in [0.5, 0.6) is 0 Å². The lowest BCUT2D eigenvalue weighted by Gasteiger charge is -2.21. The predicted molar refractivity (Wildman–Crippen MR) is 125 cm³/mol. The van der Waals surface area contributed by atoms with Gasteiger partial charge in [-0.05, 0) is 72.7 Å². The highest BCUT2D eigenvalue weighted by molar-refractivity contribution is 7.94. The predicted octanol–water partition coefficient (Wildman–Crippen LogP) is 6.69. The van der Waals surface area contributed by atoms with Gasteiger partial charge in [0.2, 0.25) is 10.0 Å². The van der Waals surface area contributed by atoms with Crippen molar-refractivity contribution in [2.24, 2.45) is 0 Å². The molecule has 1 heterocycles. The summed E-state index contributed by atoms with van der Waals surface area (Å²) in [5, 5.41) is 3.88. The van der Waals surface area contributed by atoms with E-state index < -0.39 is 10.0 Å². The van der Waals surface area contributed by atoms with E-state index >= 15 is 0 Å². The van der Waals surface area contributed by atoms with Crippen molar-refractivity contribution in [2.45, 2.75) is 18.7 Å². The Hall–Kier alpha value is -2.87. The zero-order valence-corrected chi connectivity index (χ0v) is 18.9. The number of anilines is 2. The third-order valence-electron chi connectivity index (χ3n) is 4.66. The average Bonchev–Trinajstić information content (AvgIpc) is 2.69. The summed E-state index contributed by atoms with van der Waals surface area (Å²) in [6.45, 7) is 3.76. The van der Waals surface area contributed by atoms with Gasteiger partial charge in [0.15, 0.2) is 0 Å². The molecule has 3 aromatic carbocycles. The minimum absolute atomic E-state index is 0.0620. The minimum atomic E-state index is -4.02. The van der Waals surface area contributed by atoms with Crippen LogP contribution in [0.2, 0.25) is 10.0 Å². The zero-order valence-electron chi connectivity index (χ0n) is 16.6. The second-order valence-electron chi connectivity index (χ2n) is 6.98. The molecule has 0 saturated carbocycles. The maximum absolute atomic E-state index is 13.0. The normalized spacial score (nSPS) is 11.5. The molecule has 4 rings (SSSR count). The van der Waals surface area contributed by atoms with Crippen LogP contribution in [0, 0.1) is 13.8 Å². The molecule has 1 aromatic heterocycles. The number of nitrogens with zero attached hydrogens (tertiary/aromatic N) is 3. The Labute approximate surface area is 190 Å². The third-order valence-corrected chi connectivity index (χ3v) is 6.36. The number of hydrogen-bond acceptors (Lipinski definition) is 5. The van der Waals surface area contributed by atoms with E-state index in [1.165, 1.54) is 6.07 Å². The second kappa shape index (κ2) is 8.34. The summed E-state index contributed by atoms with van der Waals surface area (Å²) in [5.41, 5.74) is 3.48. The van der Waals surface area contributed by atoms with E-state index in [9.17, 15) is 8.42 Å². The molecule has 31 heavy (non-hydrogen) atoms. The Balaban J connectivity index is 1.79. The van der Waals surface area contributed by atoms with Crippen molar-refractivity contribution in [3.05, 3.63) is 86.6 Å². The quantitative estimate of drug-likeness (QED) is 0.350. The van der Waals surface area contributed by atoms with Crippen molar-refractivity contribution in [1.29, 1.82) is 0 Å². The topological polar surface area (TPSA) is 86.1 Å². The van der Waals surface area contributed by atoms with Crippen molar-refractivity contribution in [3.8, 4) is 0 Å². The van der Waals surface area contributed by atoms with Gasteiger partial charge in [0, 0.05) is 15.7 Å². The minimum Gasteiger partial charge on any atom is -0.431 e. The number of fused-ring (bicyclic) bond motifs is 1. The molecule has 0 saturated heterocycles. The summed E-state index contributed by atoms with van der Waals surface area (Å²) >= 11 is 12.2. The average molecular weight is 472 g/mol. The van der Waals surface area contributed by atoms with E-state index in [4.69, 9.17) is 23.2 Å². The molecule has 0 unspecified atom stereocenters. The molecule has 9 heteroatoms. The van der Waals surface area contributed by atoms with Crippen LogP contribution in [0.15, 0.2) is 65.6 Å². The molecule has 6 nitrogen and oxygen atoms in total. The summed E-state index contributed by atoms with van der Waals surface area (Å²) in [5.74, 6) is 0.109. The van der Waals surface area contributed by atoms with Crippen LogP contribution in [0.4, 0.5) is 17.3 Å². The number of nitrogens with one attached hydrogen (secondary N) is 1. The summed E-state index contributed by atoms with van der Waals surface area (Å²) < 4.78 is 30.0. The molecule has 0 aliphatic carbocycles. The lowest BCUT2D eigenvalue weighted by atomic mass is 10.1. The van der Waals surface area contributed by atoms with Crippen molar-refractivity contribution in [3.63, 3.8) is 0 Å². The number of halogens is 2. The van der Waals surface area contributed by atoms with Crippen LogP contribution in [0.25, 0.3) is 15.8 Å². The molecule has 0 amide bonds. The van der Waals surface area contributed by atoms with Crippen molar-refractivity contribution >= 4 is 61.6 Å². The SMILES string of the molecule is Cc1ccc(S(=O)(=O)[N-]c2nc3ccccc3nc2Nc2cc(Cl)cc(Cl)c2)cc1C. The lowest BCUT2D eigenvalue weighted by molar-refractivity contribution is 0.603. The first-order chi connectivity index (χ1) is 14.7. The van der Waals surface area contributed by atoms with E-state index in [1.54, 1.807) is 48.5 Å².